The van der Waals surface area contributed by atoms with Crippen LogP contribution < -0.4 is 30.0 Å². The molecule has 47 heavy (non-hydrogen) atoms. The van der Waals surface area contributed by atoms with Gasteiger partial charge in [-0.1, -0.05) is 0 Å². The first-order valence-corrected chi connectivity index (χ1v) is 19.9. The van der Waals surface area contributed by atoms with E-state index < -0.39 is 8.41 Å². The molecule has 3 aliphatic rings. The molecule has 0 aliphatic heterocycles. The molecule has 9 rings (SSSR count). The molecule has 0 amide bonds. The third-order valence-corrected chi connectivity index (χ3v) is 13.4. The number of aromatic nitrogens is 1. The third-order valence-electron chi connectivity index (χ3n) is 10.4. The number of para-hydroxylation sites is 2. The fraction of sp³-hybridized carbons (Fsp3) is 0.167. The van der Waals surface area contributed by atoms with Crippen molar-refractivity contribution in [1.82, 2.24) is 4.57 Å². The van der Waals surface area contributed by atoms with Crippen LogP contribution in [0, 0.1) is 10.7 Å². The average Bonchev–Trinajstić information content (AvgIpc) is 3.71. The Morgan fingerprint density at radius 1 is 0.702 bits per heavy atom. The van der Waals surface area contributed by atoms with Crippen LogP contribution in [-0.4, -0.2) is 13.0 Å². The van der Waals surface area contributed by atoms with E-state index in [-0.39, 0.29) is 24.8 Å². The van der Waals surface area contributed by atoms with Crippen molar-refractivity contribution in [2.45, 2.75) is 38.8 Å². The van der Waals surface area contributed by atoms with Crippen LogP contribution in [0.3, 0.4) is 0 Å². The van der Waals surface area contributed by atoms with Gasteiger partial charge in [0, 0.05) is 0 Å². The number of allylic oxidation sites excluding steroid dienone is 3. The van der Waals surface area contributed by atoms with E-state index in [1.165, 1.54) is 107 Å². The van der Waals surface area contributed by atoms with Crippen LogP contribution >= 0.6 is 0 Å². The Labute approximate surface area is 305 Å². The van der Waals surface area contributed by atoms with Crippen molar-refractivity contribution in [2.24, 2.45) is 5.92 Å². The van der Waals surface area contributed by atoms with Gasteiger partial charge in [0.2, 0.25) is 0 Å². The Kier molecular flexibility index (Phi) is 8.59. The fourth-order valence-corrected chi connectivity index (χ4v) is 10.2. The topological polar surface area (TPSA) is 4.93 Å². The van der Waals surface area contributed by atoms with Gasteiger partial charge in [-0.15, -0.1) is 0 Å². The van der Waals surface area contributed by atoms with Gasteiger partial charge in [0.15, 0.2) is 0 Å². The number of nitrogens with zero attached hydrogens (tertiary/aromatic N) is 1. The summed E-state index contributed by atoms with van der Waals surface area (Å²) in [6, 6.07) is 41.1. The Bertz CT molecular complexity index is 2380. The molecule has 1 atom stereocenters. The zero-order chi connectivity index (χ0) is 30.4. The maximum absolute atomic E-state index is 2.61. The standard InChI is InChI=1S/C42H34NSi.2ClH.Zr/c1-26-24-29-22-23-38(44(2)3)40(28-12-5-4-6-13-28)41(29)39(26)42-32-16-11-19-37(34(32)25-33(42)27-20-21-27)43-35-17-9-7-14-30(35)31-15-8-10-18-36(31)43;;;/h4-19,22-23,25,27,42H,20-21H2,1-3H3;2*1H;/q;;;+2/p-2. The first-order valence-electron chi connectivity index (χ1n) is 16.2. The summed E-state index contributed by atoms with van der Waals surface area (Å²) in [5.74, 6) is 0.964. The molecule has 1 saturated carbocycles. The molecule has 1 fully saturated rings. The van der Waals surface area contributed by atoms with Gasteiger partial charge in [-0.3, -0.25) is 0 Å². The van der Waals surface area contributed by atoms with Crippen molar-refractivity contribution in [3.05, 3.63) is 147 Å². The second kappa shape index (κ2) is 12.4. The van der Waals surface area contributed by atoms with Crippen LogP contribution in [0.25, 0.3) is 53.6 Å². The summed E-state index contributed by atoms with van der Waals surface area (Å²) in [5.41, 5.74) is 15.8. The number of hydrogen-bond acceptors (Lipinski definition) is 0. The van der Waals surface area contributed by atoms with Crippen molar-refractivity contribution < 1.29 is 49.5 Å². The van der Waals surface area contributed by atoms with Crippen LogP contribution in [0.2, 0.25) is 13.1 Å². The maximum Gasteiger partial charge on any atom is -1.00 e. The van der Waals surface area contributed by atoms with E-state index in [2.05, 4.69) is 140 Å². The number of fused-ring (bicyclic) bond motifs is 5. The summed E-state index contributed by atoms with van der Waals surface area (Å²) >= 11 is 1.51. The summed E-state index contributed by atoms with van der Waals surface area (Å²) in [5, 5.41) is 4.11. The largest absolute Gasteiger partial charge is 1.00 e. The zero-order valence-corrected chi connectivity index (χ0v) is 31.7. The monoisotopic (exact) mass is 740 g/mol. The first kappa shape index (κ1) is 32.5. The average molecular weight is 743 g/mol. The van der Waals surface area contributed by atoms with E-state index in [0.717, 1.165) is 0 Å². The second-order valence-corrected chi connectivity index (χ2v) is 17.0. The molecule has 5 aromatic carbocycles. The summed E-state index contributed by atoms with van der Waals surface area (Å²) in [6.45, 7) is 7.31. The first-order chi connectivity index (χ1) is 22.0. The van der Waals surface area contributed by atoms with Crippen molar-refractivity contribution in [3.8, 4) is 16.8 Å². The van der Waals surface area contributed by atoms with E-state index in [1.54, 1.807) is 16.0 Å². The van der Waals surface area contributed by atoms with Crippen molar-refractivity contribution in [2.75, 3.05) is 0 Å². The van der Waals surface area contributed by atoms with E-state index >= 15 is 0 Å². The summed E-state index contributed by atoms with van der Waals surface area (Å²) in [4.78, 5) is 1.55. The zero-order valence-electron chi connectivity index (χ0n) is 26.7. The van der Waals surface area contributed by atoms with Crippen LogP contribution in [0.4, 0.5) is 0 Å². The predicted molar refractivity (Wildman–Crippen MR) is 188 cm³/mol. The molecule has 3 aliphatic carbocycles. The van der Waals surface area contributed by atoms with E-state index in [1.807, 2.05) is 0 Å². The van der Waals surface area contributed by atoms with Gasteiger partial charge in [0.25, 0.3) is 0 Å². The van der Waals surface area contributed by atoms with E-state index in [0.29, 0.717) is 11.8 Å². The molecule has 5 heteroatoms. The molecule has 0 radical (unpaired) electrons. The minimum absolute atomic E-state index is 0. The molecular weight excluding hydrogens is 709 g/mol. The molecule has 1 unspecified atom stereocenters. The normalized spacial score (nSPS) is 16.6. The number of rotatable bonds is 4. The molecule has 1 nitrogen and oxygen atoms in total. The second-order valence-electron chi connectivity index (χ2n) is 13.2. The van der Waals surface area contributed by atoms with Crippen LogP contribution in [0.1, 0.15) is 42.4 Å². The van der Waals surface area contributed by atoms with Gasteiger partial charge in [0.1, 0.15) is 0 Å². The van der Waals surface area contributed by atoms with Crippen LogP contribution in [0.15, 0.2) is 120 Å². The molecule has 0 spiro atoms. The number of hydrogen-bond donors (Lipinski definition) is 0. The van der Waals surface area contributed by atoms with Gasteiger partial charge in [-0.05, 0) is 0 Å². The molecule has 1 heterocycles. The van der Waals surface area contributed by atoms with E-state index in [9.17, 15) is 0 Å². The van der Waals surface area contributed by atoms with Crippen molar-refractivity contribution in [3.63, 3.8) is 0 Å². The fourth-order valence-electron chi connectivity index (χ4n) is 8.18. The smallest absolute Gasteiger partial charge is 1.00 e. The maximum atomic E-state index is 2.61. The van der Waals surface area contributed by atoms with Crippen LogP contribution in [0.5, 0.6) is 0 Å². The number of halogens is 2. The van der Waals surface area contributed by atoms with Gasteiger partial charge in [0.05, 0.1) is 0 Å². The minimum atomic E-state index is -0.687. The SMILES string of the molecule is CC1=C(C2C(C3CC3)=Cc3c2cccc3-n2c3ccccc3c3ccccc32)c2c(-c3ccccc3)c(=[Si](C)C)ccc2=[C]1[Zr+2].[Cl-].[Cl-]. The van der Waals surface area contributed by atoms with Gasteiger partial charge in [-0.2, -0.15) is 0 Å². The van der Waals surface area contributed by atoms with Gasteiger partial charge >= 0.3 is 283 Å². The van der Waals surface area contributed by atoms with Crippen molar-refractivity contribution in [1.29, 1.82) is 0 Å². The minimum Gasteiger partial charge on any atom is -1.00 e. The molecule has 0 saturated heterocycles. The summed E-state index contributed by atoms with van der Waals surface area (Å²) in [6.07, 6.45) is 5.22. The molecular formula is C42H34Cl2NSiZr. The molecule has 0 bridgehead atoms. The molecule has 1 aromatic heterocycles. The van der Waals surface area contributed by atoms with Crippen molar-refractivity contribution >= 4 is 45.1 Å². The predicted octanol–water partition coefficient (Wildman–Crippen LogP) is 4.08. The van der Waals surface area contributed by atoms with Gasteiger partial charge in [-0.25, -0.2) is 0 Å². The van der Waals surface area contributed by atoms with Crippen LogP contribution in [-0.2, 0) is 24.7 Å². The summed E-state index contributed by atoms with van der Waals surface area (Å²) in [7, 11) is -0.687. The third kappa shape index (κ3) is 4.92. The molecule has 229 valence electrons. The van der Waals surface area contributed by atoms with E-state index in [4.69, 9.17) is 0 Å². The Morgan fingerprint density at radius 3 is 1.98 bits per heavy atom. The Balaban J connectivity index is 0.00000176. The number of benzene rings is 5. The molecule has 6 aromatic rings. The Morgan fingerprint density at radius 2 is 1.34 bits per heavy atom. The quantitative estimate of drug-likeness (QED) is 0.240. The van der Waals surface area contributed by atoms with Gasteiger partial charge < -0.3 is 24.8 Å². The Hall–Kier alpha value is -3.07. The molecule has 0 N–H and O–H groups in total. The summed E-state index contributed by atoms with van der Waals surface area (Å²) < 4.78 is 4.05.